The number of aromatic nitrogens is 2. The molecule has 0 spiro atoms. The van der Waals surface area contributed by atoms with Crippen LogP contribution < -0.4 is 4.72 Å². The third kappa shape index (κ3) is 5.58. The van der Waals surface area contributed by atoms with Crippen LogP contribution >= 0.6 is 0 Å². The van der Waals surface area contributed by atoms with Gasteiger partial charge in [-0.3, -0.25) is 0 Å². The van der Waals surface area contributed by atoms with Gasteiger partial charge in [0.25, 0.3) is 10.0 Å². The number of hydrogen-bond acceptors (Lipinski definition) is 6. The largest absolute Gasteiger partial charge is 0.508 e. The molecule has 3 aromatic carbocycles. The second kappa shape index (κ2) is 10.2. The van der Waals surface area contributed by atoms with Crippen molar-refractivity contribution in [3.8, 4) is 22.6 Å². The van der Waals surface area contributed by atoms with Crippen LogP contribution in [0, 0.1) is 20.8 Å². The Balaban J connectivity index is 1.37. The van der Waals surface area contributed by atoms with Gasteiger partial charge in [-0.2, -0.15) is 5.10 Å². The molecule has 4 rings (SSSR count). The van der Waals surface area contributed by atoms with Crippen LogP contribution in [0.15, 0.2) is 77.7 Å². The average Bonchev–Trinajstić information content (AvgIpc) is 3.13. The predicted molar refractivity (Wildman–Crippen MR) is 137 cm³/mol. The monoisotopic (exact) mass is 505 g/mol. The summed E-state index contributed by atoms with van der Waals surface area (Å²) in [7, 11) is -3.98. The van der Waals surface area contributed by atoms with Gasteiger partial charge in [0.15, 0.2) is 0 Å². The molecule has 0 aliphatic rings. The molecule has 1 aromatic heterocycles. The summed E-state index contributed by atoms with van der Waals surface area (Å²) in [6.45, 7) is 5.77. The van der Waals surface area contributed by atoms with Crippen molar-refractivity contribution in [2.75, 3.05) is 6.61 Å². The van der Waals surface area contributed by atoms with E-state index in [1.165, 1.54) is 12.1 Å². The normalized spacial score (nSPS) is 11.3. The van der Waals surface area contributed by atoms with E-state index in [0.29, 0.717) is 6.42 Å². The van der Waals surface area contributed by atoms with Gasteiger partial charge in [0.2, 0.25) is 0 Å². The first kappa shape index (κ1) is 25.0. The molecule has 0 aliphatic heterocycles. The number of nitrogens with zero attached hydrogens (tertiary/aromatic N) is 2. The van der Waals surface area contributed by atoms with Crippen LogP contribution in [0.2, 0.25) is 0 Å². The number of rotatable bonds is 7. The van der Waals surface area contributed by atoms with E-state index >= 15 is 0 Å². The van der Waals surface area contributed by atoms with Crippen molar-refractivity contribution in [1.29, 1.82) is 0 Å². The fourth-order valence-corrected chi connectivity index (χ4v) is 4.84. The maximum absolute atomic E-state index is 12.3. The minimum Gasteiger partial charge on any atom is -0.508 e. The van der Waals surface area contributed by atoms with E-state index in [9.17, 15) is 18.3 Å². The molecule has 0 atom stereocenters. The number of benzene rings is 3. The summed E-state index contributed by atoms with van der Waals surface area (Å²) in [6.07, 6.45) is -0.599. The molecule has 0 unspecified atom stereocenters. The molecule has 1 heterocycles. The third-order valence-corrected chi connectivity index (χ3v) is 7.11. The summed E-state index contributed by atoms with van der Waals surface area (Å²) in [5.41, 5.74) is 6.36. The van der Waals surface area contributed by atoms with Gasteiger partial charge in [0, 0.05) is 17.7 Å². The highest BCUT2D eigenvalue weighted by molar-refractivity contribution is 7.90. The maximum Gasteiger partial charge on any atom is 0.421 e. The van der Waals surface area contributed by atoms with Crippen LogP contribution in [-0.2, 0) is 21.2 Å². The third-order valence-electron chi connectivity index (χ3n) is 5.78. The number of carbonyl (C=O) groups is 1. The fraction of sp³-hybridized carbons (Fsp3) is 0.185. The fourth-order valence-electron chi connectivity index (χ4n) is 3.95. The number of carbonyl (C=O) groups excluding carboxylic acids is 1. The lowest BCUT2D eigenvalue weighted by molar-refractivity contribution is 0.154. The Morgan fingerprint density at radius 1 is 1.00 bits per heavy atom. The Hall–Kier alpha value is -4.11. The quantitative estimate of drug-likeness (QED) is 0.372. The summed E-state index contributed by atoms with van der Waals surface area (Å²) in [5.74, 6) is 0.201. The van der Waals surface area contributed by atoms with E-state index < -0.39 is 16.1 Å². The van der Waals surface area contributed by atoms with Crippen LogP contribution in [0.3, 0.4) is 0 Å². The lowest BCUT2D eigenvalue weighted by atomic mass is 10.0. The van der Waals surface area contributed by atoms with E-state index in [0.717, 1.165) is 39.3 Å². The smallest absolute Gasteiger partial charge is 0.421 e. The van der Waals surface area contributed by atoms with E-state index in [-0.39, 0.29) is 17.3 Å². The Morgan fingerprint density at radius 3 is 2.36 bits per heavy atom. The molecule has 4 aromatic rings. The topological polar surface area (TPSA) is 111 Å². The molecule has 9 heteroatoms. The summed E-state index contributed by atoms with van der Waals surface area (Å²) in [5, 5.41) is 14.5. The van der Waals surface area contributed by atoms with Crippen LogP contribution in [0.25, 0.3) is 16.8 Å². The van der Waals surface area contributed by atoms with Gasteiger partial charge >= 0.3 is 6.09 Å². The van der Waals surface area contributed by atoms with Gasteiger partial charge < -0.3 is 9.84 Å². The van der Waals surface area contributed by atoms with Gasteiger partial charge in [-0.1, -0.05) is 42.0 Å². The number of hydrogen-bond donors (Lipinski definition) is 2. The zero-order valence-corrected chi connectivity index (χ0v) is 21.0. The highest BCUT2D eigenvalue weighted by Gasteiger charge is 2.18. The molecule has 0 saturated carbocycles. The van der Waals surface area contributed by atoms with Gasteiger partial charge in [-0.05, 0) is 68.3 Å². The second-order valence-corrected chi connectivity index (χ2v) is 10.2. The molecule has 0 bridgehead atoms. The van der Waals surface area contributed by atoms with Crippen molar-refractivity contribution in [2.45, 2.75) is 32.1 Å². The second-order valence-electron chi connectivity index (χ2n) is 8.48. The number of amides is 1. The molecule has 186 valence electrons. The van der Waals surface area contributed by atoms with Crippen molar-refractivity contribution in [2.24, 2.45) is 0 Å². The molecule has 2 N–H and O–H groups in total. The van der Waals surface area contributed by atoms with Crippen molar-refractivity contribution >= 4 is 16.1 Å². The van der Waals surface area contributed by atoms with E-state index in [1.807, 2.05) is 60.5 Å². The Kier molecular flexibility index (Phi) is 7.12. The first-order chi connectivity index (χ1) is 17.1. The van der Waals surface area contributed by atoms with Gasteiger partial charge in [-0.15, -0.1) is 0 Å². The summed E-state index contributed by atoms with van der Waals surface area (Å²) >= 11 is 0. The molecule has 0 aliphatic carbocycles. The Bertz CT molecular complexity index is 1490. The lowest BCUT2D eigenvalue weighted by Gasteiger charge is -2.09. The molecule has 0 fully saturated rings. The number of aromatic hydroxyl groups is 1. The SMILES string of the molecule is Cc1ccc(S(=O)(=O)NC(=O)OCCc2ccc(-n3nc(C)c(-c4cccc(O)c4)c3C)cc2)cc1. The van der Waals surface area contributed by atoms with Gasteiger partial charge in [-0.25, -0.2) is 22.6 Å². The first-order valence-corrected chi connectivity index (χ1v) is 12.8. The Labute approximate surface area is 210 Å². The lowest BCUT2D eigenvalue weighted by Crippen LogP contribution is -2.31. The summed E-state index contributed by atoms with van der Waals surface area (Å²) in [4.78, 5) is 12.0. The van der Waals surface area contributed by atoms with E-state index in [2.05, 4.69) is 5.10 Å². The van der Waals surface area contributed by atoms with Crippen LogP contribution in [0.4, 0.5) is 4.79 Å². The van der Waals surface area contributed by atoms with Gasteiger partial charge in [0.1, 0.15) is 5.75 Å². The van der Waals surface area contributed by atoms with Crippen LogP contribution in [0.1, 0.15) is 22.5 Å². The first-order valence-electron chi connectivity index (χ1n) is 11.4. The number of ether oxygens (including phenoxy) is 1. The summed E-state index contributed by atoms with van der Waals surface area (Å²) < 4.78 is 33.4. The number of sulfonamides is 1. The zero-order valence-electron chi connectivity index (χ0n) is 20.2. The molecular weight excluding hydrogens is 478 g/mol. The zero-order chi connectivity index (χ0) is 25.9. The molecule has 36 heavy (non-hydrogen) atoms. The molecule has 1 amide bonds. The van der Waals surface area contributed by atoms with Crippen molar-refractivity contribution < 1.29 is 23.1 Å². The van der Waals surface area contributed by atoms with Crippen LogP contribution in [0.5, 0.6) is 5.75 Å². The number of aryl methyl sites for hydroxylation is 2. The molecule has 0 radical (unpaired) electrons. The highest BCUT2D eigenvalue weighted by atomic mass is 32.2. The standard InChI is InChI=1S/C27H27N3O5S/c1-18-7-13-25(14-8-18)36(33,34)29-27(32)35-16-15-21-9-11-23(12-10-21)30-20(3)26(19(2)28-30)22-5-4-6-24(31)17-22/h4-14,17,31H,15-16H2,1-3H3,(H,29,32). The minimum absolute atomic E-state index is 0.00277. The van der Waals surface area contributed by atoms with Crippen molar-refractivity contribution in [3.05, 3.63) is 95.3 Å². The number of nitrogens with one attached hydrogen (secondary N) is 1. The summed E-state index contributed by atoms with van der Waals surface area (Å²) in [6, 6.07) is 20.9. The maximum atomic E-state index is 12.3. The number of phenolic OH excluding ortho intramolecular Hbond substituents is 1. The van der Waals surface area contributed by atoms with Gasteiger partial charge in [0.05, 0.1) is 22.9 Å². The molecule has 0 saturated heterocycles. The van der Waals surface area contributed by atoms with Crippen molar-refractivity contribution in [3.63, 3.8) is 0 Å². The van der Waals surface area contributed by atoms with Crippen LogP contribution in [-0.4, -0.2) is 36.0 Å². The minimum atomic E-state index is -3.98. The Morgan fingerprint density at radius 2 is 1.69 bits per heavy atom. The predicted octanol–water partition coefficient (Wildman–Crippen LogP) is 4.83. The highest BCUT2D eigenvalue weighted by Crippen LogP contribution is 2.30. The molecule has 8 nitrogen and oxygen atoms in total. The average molecular weight is 506 g/mol. The van der Waals surface area contributed by atoms with E-state index in [1.54, 1.807) is 30.3 Å². The van der Waals surface area contributed by atoms with Crippen molar-refractivity contribution in [1.82, 2.24) is 14.5 Å². The number of phenols is 1. The van der Waals surface area contributed by atoms with E-state index in [4.69, 9.17) is 4.74 Å². The molecular formula is C27H27N3O5S.